The quantitative estimate of drug-likeness (QED) is 0.622. The summed E-state index contributed by atoms with van der Waals surface area (Å²) in [4.78, 5) is -0.870. The zero-order valence-electron chi connectivity index (χ0n) is 15.5. The normalized spacial score (nSPS) is 14.3. The fraction of sp³-hybridized carbons (Fsp3) is 0.263. The van der Waals surface area contributed by atoms with E-state index in [1.165, 1.54) is 0 Å². The van der Waals surface area contributed by atoms with Crippen LogP contribution in [-0.2, 0) is 23.0 Å². The van der Waals surface area contributed by atoms with Crippen LogP contribution in [0.25, 0.3) is 11.4 Å². The first-order chi connectivity index (χ1) is 14.3. The SMILES string of the molecule is O=S(=O)(Nc1cc(-c2nnc3n2CCCCC3)c(F)cc1F)c1ccc(F)cc1F. The number of nitrogens with one attached hydrogen (secondary N) is 1. The summed E-state index contributed by atoms with van der Waals surface area (Å²) in [6.45, 7) is 0.552. The molecule has 0 radical (unpaired) electrons. The smallest absolute Gasteiger partial charge is 0.264 e. The minimum atomic E-state index is -4.60. The van der Waals surface area contributed by atoms with Crippen molar-refractivity contribution >= 4 is 15.7 Å². The molecule has 0 atom stereocenters. The van der Waals surface area contributed by atoms with Gasteiger partial charge in [-0.15, -0.1) is 10.2 Å². The summed E-state index contributed by atoms with van der Waals surface area (Å²) in [6, 6.07) is 3.34. The molecule has 1 aliphatic heterocycles. The number of nitrogens with zero attached hydrogens (tertiary/aromatic N) is 3. The van der Waals surface area contributed by atoms with Crippen molar-refractivity contribution in [3.05, 3.63) is 59.4 Å². The van der Waals surface area contributed by atoms with Crippen molar-refractivity contribution in [2.45, 2.75) is 37.1 Å². The monoisotopic (exact) mass is 440 g/mol. The largest absolute Gasteiger partial charge is 0.311 e. The van der Waals surface area contributed by atoms with E-state index < -0.39 is 43.9 Å². The van der Waals surface area contributed by atoms with Gasteiger partial charge in [0.2, 0.25) is 0 Å². The highest BCUT2D eigenvalue weighted by Gasteiger charge is 2.24. The van der Waals surface area contributed by atoms with Crippen molar-refractivity contribution in [2.75, 3.05) is 4.72 Å². The molecule has 0 saturated heterocycles. The molecule has 11 heteroatoms. The van der Waals surface area contributed by atoms with Crippen molar-refractivity contribution < 1.29 is 26.0 Å². The maximum Gasteiger partial charge on any atom is 0.264 e. The number of hydrogen-bond donors (Lipinski definition) is 1. The minimum Gasteiger partial charge on any atom is -0.311 e. The van der Waals surface area contributed by atoms with E-state index in [0.717, 1.165) is 31.4 Å². The van der Waals surface area contributed by atoms with Gasteiger partial charge < -0.3 is 4.57 Å². The molecular formula is C19H16F4N4O2S. The Balaban J connectivity index is 1.75. The first kappa shape index (κ1) is 20.3. The van der Waals surface area contributed by atoms with Gasteiger partial charge in [0.15, 0.2) is 5.82 Å². The number of aryl methyl sites for hydroxylation is 1. The van der Waals surface area contributed by atoms with Crippen LogP contribution in [0.3, 0.4) is 0 Å². The van der Waals surface area contributed by atoms with Crippen LogP contribution in [0.4, 0.5) is 23.2 Å². The lowest BCUT2D eigenvalue weighted by molar-refractivity contribution is 0.550. The molecule has 4 rings (SSSR count). The summed E-state index contributed by atoms with van der Waals surface area (Å²) in [5.41, 5.74) is -0.740. The van der Waals surface area contributed by atoms with Crippen LogP contribution >= 0.6 is 0 Å². The molecule has 0 unspecified atom stereocenters. The van der Waals surface area contributed by atoms with Gasteiger partial charge in [0, 0.05) is 25.1 Å². The van der Waals surface area contributed by atoms with Crippen molar-refractivity contribution in [2.24, 2.45) is 0 Å². The molecule has 1 aliphatic rings. The Kier molecular flexibility index (Phi) is 5.22. The van der Waals surface area contributed by atoms with Crippen molar-refractivity contribution in [3.8, 4) is 11.4 Å². The molecule has 0 aliphatic carbocycles. The molecule has 158 valence electrons. The van der Waals surface area contributed by atoms with Crippen LogP contribution in [-0.4, -0.2) is 23.2 Å². The Morgan fingerprint density at radius 1 is 0.900 bits per heavy atom. The topological polar surface area (TPSA) is 76.9 Å². The second-order valence-electron chi connectivity index (χ2n) is 6.89. The molecule has 0 bridgehead atoms. The summed E-state index contributed by atoms with van der Waals surface area (Å²) in [6.07, 6.45) is 3.39. The van der Waals surface area contributed by atoms with Crippen LogP contribution in [0, 0.1) is 23.3 Å². The first-order valence-electron chi connectivity index (χ1n) is 9.15. The van der Waals surface area contributed by atoms with Gasteiger partial charge in [-0.25, -0.2) is 26.0 Å². The van der Waals surface area contributed by atoms with Crippen molar-refractivity contribution in [1.29, 1.82) is 0 Å². The number of benzene rings is 2. The van der Waals surface area contributed by atoms with Gasteiger partial charge in [0.1, 0.15) is 34.0 Å². The second kappa shape index (κ2) is 7.71. The molecule has 2 aromatic carbocycles. The molecule has 0 saturated carbocycles. The fourth-order valence-corrected chi connectivity index (χ4v) is 4.49. The zero-order valence-corrected chi connectivity index (χ0v) is 16.3. The molecule has 1 N–H and O–H groups in total. The number of anilines is 1. The molecule has 0 fully saturated rings. The summed E-state index contributed by atoms with van der Waals surface area (Å²) in [5.74, 6) is -3.62. The molecule has 0 amide bonds. The van der Waals surface area contributed by atoms with Gasteiger partial charge in [-0.1, -0.05) is 6.42 Å². The molecule has 30 heavy (non-hydrogen) atoms. The predicted molar refractivity (Wildman–Crippen MR) is 100 cm³/mol. The number of fused-ring (bicyclic) bond motifs is 1. The van der Waals surface area contributed by atoms with Crippen LogP contribution in [0.2, 0.25) is 0 Å². The van der Waals surface area contributed by atoms with E-state index in [4.69, 9.17) is 0 Å². The average Bonchev–Trinajstić information content (AvgIpc) is 2.91. The van der Waals surface area contributed by atoms with Gasteiger partial charge >= 0.3 is 0 Å². The summed E-state index contributed by atoms with van der Waals surface area (Å²) in [5, 5.41) is 8.05. The van der Waals surface area contributed by atoms with E-state index in [2.05, 4.69) is 10.2 Å². The van der Waals surface area contributed by atoms with Crippen LogP contribution in [0.15, 0.2) is 35.2 Å². The van der Waals surface area contributed by atoms with Crippen LogP contribution in [0.1, 0.15) is 25.1 Å². The minimum absolute atomic E-state index is 0.144. The van der Waals surface area contributed by atoms with Crippen molar-refractivity contribution in [3.63, 3.8) is 0 Å². The van der Waals surface area contributed by atoms with Gasteiger partial charge in [0.05, 0.1) is 11.3 Å². The van der Waals surface area contributed by atoms with Gasteiger partial charge in [-0.2, -0.15) is 0 Å². The predicted octanol–water partition coefficient (Wildman–Crippen LogP) is 4.03. The maximum absolute atomic E-state index is 14.5. The summed E-state index contributed by atoms with van der Waals surface area (Å²) in [7, 11) is -4.60. The van der Waals surface area contributed by atoms with E-state index >= 15 is 0 Å². The number of sulfonamides is 1. The number of rotatable bonds is 4. The lowest BCUT2D eigenvalue weighted by atomic mass is 10.1. The Morgan fingerprint density at radius 2 is 1.70 bits per heavy atom. The Hall–Kier alpha value is -2.95. The van der Waals surface area contributed by atoms with E-state index in [0.29, 0.717) is 37.0 Å². The van der Waals surface area contributed by atoms with Crippen LogP contribution < -0.4 is 4.72 Å². The van der Waals surface area contributed by atoms with Gasteiger partial charge in [-0.05, 0) is 31.0 Å². The third-order valence-electron chi connectivity index (χ3n) is 4.83. The van der Waals surface area contributed by atoms with Gasteiger partial charge in [-0.3, -0.25) is 4.72 Å². The Morgan fingerprint density at radius 3 is 2.47 bits per heavy atom. The third-order valence-corrected chi connectivity index (χ3v) is 6.23. The molecule has 3 aromatic rings. The molecule has 2 heterocycles. The fourth-order valence-electron chi connectivity index (χ4n) is 3.38. The number of halogens is 4. The molecular weight excluding hydrogens is 424 g/mol. The van der Waals surface area contributed by atoms with E-state index in [-0.39, 0.29) is 11.4 Å². The van der Waals surface area contributed by atoms with Gasteiger partial charge in [0.25, 0.3) is 10.0 Å². The first-order valence-corrected chi connectivity index (χ1v) is 10.6. The molecule has 6 nitrogen and oxygen atoms in total. The number of aromatic nitrogens is 3. The Bertz CT molecular complexity index is 1230. The van der Waals surface area contributed by atoms with E-state index in [1.54, 1.807) is 4.57 Å². The summed E-state index contributed by atoms with van der Waals surface area (Å²) >= 11 is 0. The van der Waals surface area contributed by atoms with Crippen LogP contribution in [0.5, 0.6) is 0 Å². The van der Waals surface area contributed by atoms with E-state index in [9.17, 15) is 26.0 Å². The third kappa shape index (κ3) is 3.76. The maximum atomic E-state index is 14.5. The number of hydrogen-bond acceptors (Lipinski definition) is 4. The second-order valence-corrected chi connectivity index (χ2v) is 8.55. The molecule has 1 aromatic heterocycles. The average molecular weight is 440 g/mol. The Labute approximate surface area is 169 Å². The standard InChI is InChI=1S/C19H16F4N4O2S/c20-11-5-6-17(15(23)8-11)30(28,29)26-16-9-12(13(21)10-14(16)22)19-25-24-18-4-2-1-3-7-27(18)19/h5-6,8-10,26H,1-4,7H2. The lowest BCUT2D eigenvalue weighted by Gasteiger charge is -2.13. The highest BCUT2D eigenvalue weighted by Crippen LogP contribution is 2.30. The lowest BCUT2D eigenvalue weighted by Crippen LogP contribution is -2.16. The zero-order chi connectivity index (χ0) is 21.5. The highest BCUT2D eigenvalue weighted by molar-refractivity contribution is 7.92. The highest BCUT2D eigenvalue weighted by atomic mass is 32.2. The van der Waals surface area contributed by atoms with Crippen molar-refractivity contribution in [1.82, 2.24) is 14.8 Å². The molecule has 0 spiro atoms. The summed E-state index contributed by atoms with van der Waals surface area (Å²) < 4.78 is 84.4. The van der Waals surface area contributed by atoms with E-state index in [1.807, 2.05) is 4.72 Å².